The summed E-state index contributed by atoms with van der Waals surface area (Å²) in [7, 11) is 0. The minimum Gasteiger partial charge on any atom is -0.293 e. The minimum absolute atomic E-state index is 0.143. The van der Waals surface area contributed by atoms with Crippen LogP contribution in [0.25, 0.3) is 11.4 Å². The first-order valence-electron chi connectivity index (χ1n) is 7.66. The van der Waals surface area contributed by atoms with Crippen molar-refractivity contribution in [2.75, 3.05) is 0 Å². The van der Waals surface area contributed by atoms with Crippen LogP contribution in [0.15, 0.2) is 53.9 Å². The number of nitrogens with zero attached hydrogens (tertiary/aromatic N) is 4. The number of thioether (sulfide) groups is 1. The smallest absolute Gasteiger partial charge is 0.293 e. The number of aromatic nitrogens is 4. The van der Waals surface area contributed by atoms with Gasteiger partial charge in [0.25, 0.3) is 0 Å². The number of alkyl halides is 3. The first kappa shape index (κ1) is 18.7. The number of benzene rings is 1. The fourth-order valence-corrected chi connectivity index (χ4v) is 3.56. The van der Waals surface area contributed by atoms with Gasteiger partial charge in [-0.15, -0.1) is 10.2 Å². The van der Waals surface area contributed by atoms with E-state index in [1.165, 1.54) is 24.2 Å². The molecule has 0 saturated heterocycles. The van der Waals surface area contributed by atoms with Gasteiger partial charge in [-0.2, -0.15) is 13.2 Å². The van der Waals surface area contributed by atoms with E-state index in [1.54, 1.807) is 30.3 Å². The molecule has 0 aliphatic heterocycles. The fourth-order valence-electron chi connectivity index (χ4n) is 2.40. The maximum Gasteiger partial charge on any atom is 0.406 e. The lowest BCUT2D eigenvalue weighted by atomic mass is 10.2. The molecule has 1 atom stereocenters. The maximum atomic E-state index is 13.1. The molecular weight excluding hydrogens is 385 g/mol. The predicted molar refractivity (Wildman–Crippen MR) is 95.0 cm³/mol. The average molecular weight is 399 g/mol. The molecule has 2 heterocycles. The summed E-state index contributed by atoms with van der Waals surface area (Å²) in [6.45, 7) is 0.720. The first-order valence-corrected chi connectivity index (χ1v) is 8.92. The Morgan fingerprint density at radius 1 is 1.15 bits per heavy atom. The Morgan fingerprint density at radius 2 is 1.88 bits per heavy atom. The molecule has 3 rings (SSSR count). The second-order valence-corrected chi connectivity index (χ2v) is 7.30. The highest BCUT2D eigenvalue weighted by molar-refractivity contribution is 7.99. The average Bonchev–Trinajstić information content (AvgIpc) is 2.96. The standard InChI is InChI=1S/C17H14ClF3N4S/c1-11(13-3-2-4-14(18)9-13)26-16-24-23-15(12-5-7-22-8-6-12)25(16)10-17(19,20)21/h2-9,11H,10H2,1H3. The van der Waals surface area contributed by atoms with E-state index in [0.717, 1.165) is 10.1 Å². The monoisotopic (exact) mass is 398 g/mol. The topological polar surface area (TPSA) is 43.6 Å². The van der Waals surface area contributed by atoms with E-state index < -0.39 is 12.7 Å². The normalized spacial score (nSPS) is 13.0. The van der Waals surface area contributed by atoms with Crippen LogP contribution in [0.5, 0.6) is 0 Å². The summed E-state index contributed by atoms with van der Waals surface area (Å²) < 4.78 is 40.4. The van der Waals surface area contributed by atoms with Crippen LogP contribution in [-0.2, 0) is 6.54 Å². The lowest BCUT2D eigenvalue weighted by Gasteiger charge is -2.15. The molecule has 0 amide bonds. The maximum absolute atomic E-state index is 13.1. The Kier molecular flexibility index (Phi) is 5.52. The molecule has 9 heteroatoms. The van der Waals surface area contributed by atoms with Gasteiger partial charge in [0.05, 0.1) is 0 Å². The molecule has 1 aromatic carbocycles. The number of hydrogen-bond acceptors (Lipinski definition) is 4. The number of pyridine rings is 1. The zero-order valence-corrected chi connectivity index (χ0v) is 15.2. The van der Waals surface area contributed by atoms with E-state index in [-0.39, 0.29) is 16.2 Å². The molecule has 0 saturated carbocycles. The third-order valence-electron chi connectivity index (χ3n) is 3.59. The van der Waals surface area contributed by atoms with Crippen LogP contribution >= 0.6 is 23.4 Å². The molecule has 4 nitrogen and oxygen atoms in total. The van der Waals surface area contributed by atoms with Crippen molar-refractivity contribution >= 4 is 23.4 Å². The van der Waals surface area contributed by atoms with Crippen molar-refractivity contribution in [2.45, 2.75) is 30.1 Å². The molecule has 0 radical (unpaired) electrons. The summed E-state index contributed by atoms with van der Waals surface area (Å²) in [5.41, 5.74) is 1.42. The Balaban J connectivity index is 1.95. The van der Waals surface area contributed by atoms with Crippen LogP contribution in [0.2, 0.25) is 5.02 Å². The van der Waals surface area contributed by atoms with E-state index in [9.17, 15) is 13.2 Å². The summed E-state index contributed by atoms with van der Waals surface area (Å²) in [6.07, 6.45) is -1.38. The van der Waals surface area contributed by atoms with Gasteiger partial charge in [0.2, 0.25) is 0 Å². The van der Waals surface area contributed by atoms with E-state index >= 15 is 0 Å². The lowest BCUT2D eigenvalue weighted by molar-refractivity contribution is -0.141. The summed E-state index contributed by atoms with van der Waals surface area (Å²) >= 11 is 7.20. The van der Waals surface area contributed by atoms with Crippen molar-refractivity contribution in [1.29, 1.82) is 0 Å². The first-order chi connectivity index (χ1) is 12.3. The third-order valence-corrected chi connectivity index (χ3v) is 4.97. The molecule has 136 valence electrons. The molecule has 0 aliphatic rings. The van der Waals surface area contributed by atoms with Gasteiger partial charge >= 0.3 is 6.18 Å². The second kappa shape index (κ2) is 7.67. The van der Waals surface area contributed by atoms with Gasteiger partial charge in [-0.05, 0) is 36.8 Å². The van der Waals surface area contributed by atoms with E-state index in [1.807, 2.05) is 13.0 Å². The quantitative estimate of drug-likeness (QED) is 0.539. The van der Waals surface area contributed by atoms with Gasteiger partial charge in [0.1, 0.15) is 6.54 Å². The van der Waals surface area contributed by atoms with Gasteiger partial charge < -0.3 is 0 Å². The van der Waals surface area contributed by atoms with E-state index in [4.69, 9.17) is 11.6 Å². The van der Waals surface area contributed by atoms with Crippen LogP contribution in [-0.4, -0.2) is 25.9 Å². The Hall–Kier alpha value is -2.06. The molecule has 1 unspecified atom stereocenters. The molecule has 0 N–H and O–H groups in total. The van der Waals surface area contributed by atoms with Crippen molar-refractivity contribution in [3.8, 4) is 11.4 Å². The minimum atomic E-state index is -4.39. The molecular formula is C17H14ClF3N4S. The molecule has 2 aromatic heterocycles. The number of halogens is 4. The number of hydrogen-bond donors (Lipinski definition) is 0. The molecule has 0 bridgehead atoms. The molecule has 3 aromatic rings. The van der Waals surface area contributed by atoms with Crippen LogP contribution < -0.4 is 0 Å². The molecule has 26 heavy (non-hydrogen) atoms. The van der Waals surface area contributed by atoms with Crippen molar-refractivity contribution in [3.63, 3.8) is 0 Å². The fraction of sp³-hybridized carbons (Fsp3) is 0.235. The Morgan fingerprint density at radius 3 is 2.54 bits per heavy atom. The van der Waals surface area contributed by atoms with E-state index in [0.29, 0.717) is 10.6 Å². The second-order valence-electron chi connectivity index (χ2n) is 5.56. The Labute approximate surface area is 157 Å². The van der Waals surface area contributed by atoms with Crippen molar-refractivity contribution in [3.05, 3.63) is 59.4 Å². The summed E-state index contributed by atoms with van der Waals surface area (Å²) in [4.78, 5) is 3.88. The van der Waals surface area contributed by atoms with Crippen molar-refractivity contribution in [1.82, 2.24) is 19.7 Å². The lowest BCUT2D eigenvalue weighted by Crippen LogP contribution is -2.19. The molecule has 0 aliphatic carbocycles. The van der Waals surface area contributed by atoms with Gasteiger partial charge in [-0.25, -0.2) is 0 Å². The van der Waals surface area contributed by atoms with Crippen LogP contribution in [0, 0.1) is 0 Å². The van der Waals surface area contributed by atoms with Crippen LogP contribution in [0.1, 0.15) is 17.7 Å². The largest absolute Gasteiger partial charge is 0.406 e. The highest BCUT2D eigenvalue weighted by atomic mass is 35.5. The number of rotatable bonds is 5. The Bertz CT molecular complexity index is 883. The van der Waals surface area contributed by atoms with Crippen LogP contribution in [0.3, 0.4) is 0 Å². The summed E-state index contributed by atoms with van der Waals surface area (Å²) in [5.74, 6) is 0.158. The summed E-state index contributed by atoms with van der Waals surface area (Å²) in [5, 5.41) is 8.59. The van der Waals surface area contributed by atoms with Crippen molar-refractivity contribution in [2.24, 2.45) is 0 Å². The van der Waals surface area contributed by atoms with Gasteiger partial charge in [0, 0.05) is 28.2 Å². The highest BCUT2D eigenvalue weighted by Gasteiger charge is 2.32. The molecule has 0 fully saturated rings. The SMILES string of the molecule is CC(Sc1nnc(-c2ccncc2)n1CC(F)(F)F)c1cccc(Cl)c1. The highest BCUT2D eigenvalue weighted by Crippen LogP contribution is 2.37. The van der Waals surface area contributed by atoms with Gasteiger partial charge in [0.15, 0.2) is 11.0 Å². The zero-order chi connectivity index (χ0) is 18.7. The van der Waals surface area contributed by atoms with Crippen LogP contribution in [0.4, 0.5) is 13.2 Å². The van der Waals surface area contributed by atoms with E-state index in [2.05, 4.69) is 15.2 Å². The zero-order valence-electron chi connectivity index (χ0n) is 13.6. The summed E-state index contributed by atoms with van der Waals surface area (Å²) in [6, 6.07) is 10.4. The third kappa shape index (κ3) is 4.56. The van der Waals surface area contributed by atoms with Gasteiger partial charge in [-0.1, -0.05) is 35.5 Å². The molecule has 0 spiro atoms. The van der Waals surface area contributed by atoms with Crippen molar-refractivity contribution < 1.29 is 13.2 Å². The predicted octanol–water partition coefficient (Wildman–Crippen LogP) is 5.41. The van der Waals surface area contributed by atoms with Gasteiger partial charge in [-0.3, -0.25) is 9.55 Å².